The maximum atomic E-state index is 12.9. The van der Waals surface area contributed by atoms with Crippen LogP contribution >= 0.6 is 90.4 Å². The quantitative estimate of drug-likeness (QED) is 0.0720. The summed E-state index contributed by atoms with van der Waals surface area (Å²) in [7, 11) is 0. The Morgan fingerprint density at radius 1 is 0.651 bits per heavy atom. The Hall–Kier alpha value is -1.94. The van der Waals surface area contributed by atoms with Gasteiger partial charge in [-0.1, -0.05) is 12.1 Å². The smallest absolute Gasteiger partial charge is 0.328 e. The summed E-state index contributed by atoms with van der Waals surface area (Å²) in [6, 6.07) is 19.0. The van der Waals surface area contributed by atoms with Gasteiger partial charge >= 0.3 is 11.9 Å². The van der Waals surface area contributed by atoms with Gasteiger partial charge in [0.15, 0.2) is 11.5 Å². The molecule has 0 aliphatic heterocycles. The van der Waals surface area contributed by atoms with Crippen molar-refractivity contribution in [2.45, 2.75) is 24.9 Å². The number of ether oxygens (including phenoxy) is 3. The van der Waals surface area contributed by atoms with E-state index in [9.17, 15) is 14.7 Å². The van der Waals surface area contributed by atoms with Crippen LogP contribution in [0.3, 0.4) is 0 Å². The molecule has 0 aliphatic carbocycles. The molecule has 0 amide bonds. The van der Waals surface area contributed by atoms with Crippen molar-refractivity contribution >= 4 is 102 Å². The number of aliphatic carboxylic acids is 1. The molecule has 0 aromatic heterocycles. The summed E-state index contributed by atoms with van der Waals surface area (Å²) in [4.78, 5) is 24.0. The summed E-state index contributed by atoms with van der Waals surface area (Å²) in [5.74, 6) is 1.33. The van der Waals surface area contributed by atoms with Crippen LogP contribution in [0, 0.1) is 14.3 Å². The Morgan fingerprint density at radius 3 is 1.67 bits per heavy atom. The van der Waals surface area contributed by atoms with E-state index in [1.54, 1.807) is 48.5 Å². The van der Waals surface area contributed by atoms with Crippen molar-refractivity contribution in [3.05, 3.63) is 98.2 Å². The van der Waals surface area contributed by atoms with Crippen molar-refractivity contribution in [1.82, 2.24) is 0 Å². The van der Waals surface area contributed by atoms with Crippen molar-refractivity contribution in [2.24, 2.45) is 11.5 Å². The Bertz CT molecular complexity index is 1590. The molecule has 0 saturated heterocycles. The van der Waals surface area contributed by atoms with Crippen molar-refractivity contribution in [2.75, 3.05) is 0 Å². The van der Waals surface area contributed by atoms with Gasteiger partial charge < -0.3 is 35.9 Å². The standard InChI is InChI=1S/C30H24I4N2O7/c31-21-9-16(12-25(35)29(38)39)10-22(32)27(21)42-20-13-23(33)28(24(34)14-20)43-30(40)26(36)11-15-1-5-18(6-2-15)41-19-7-3-17(37)4-8-19/h1-10,13-14,25-26,37H,11-12,35-36H2,(H,38,39)/t25-,26-/m0/s1. The number of carboxylic acids is 1. The number of benzene rings is 4. The minimum absolute atomic E-state index is 0.159. The van der Waals surface area contributed by atoms with E-state index in [0.717, 1.165) is 18.3 Å². The molecule has 0 aliphatic rings. The number of nitrogens with two attached hydrogens (primary N) is 2. The molecule has 0 unspecified atom stereocenters. The third-order valence-corrected chi connectivity index (χ3v) is 9.18. The number of phenolic OH excluding ortho intramolecular Hbond substituents is 1. The van der Waals surface area contributed by atoms with Crippen molar-refractivity contribution < 1.29 is 34.0 Å². The zero-order chi connectivity index (χ0) is 31.3. The summed E-state index contributed by atoms with van der Waals surface area (Å²) in [5.41, 5.74) is 13.5. The monoisotopic (exact) mass is 1030 g/mol. The van der Waals surface area contributed by atoms with Gasteiger partial charge in [-0.3, -0.25) is 4.79 Å². The number of esters is 1. The number of hydrogen-bond acceptors (Lipinski definition) is 8. The lowest BCUT2D eigenvalue weighted by molar-refractivity contribution is -0.138. The van der Waals surface area contributed by atoms with Crippen LogP contribution < -0.4 is 25.7 Å². The molecular formula is C30H24I4N2O7. The maximum Gasteiger partial charge on any atom is 0.328 e. The third-order valence-electron chi connectivity index (χ3n) is 5.98. The second kappa shape index (κ2) is 15.4. The van der Waals surface area contributed by atoms with Gasteiger partial charge in [-0.2, -0.15) is 0 Å². The van der Waals surface area contributed by atoms with Crippen LogP contribution in [-0.2, 0) is 22.4 Å². The third kappa shape index (κ3) is 9.52. The zero-order valence-corrected chi connectivity index (χ0v) is 30.7. The first-order valence-corrected chi connectivity index (χ1v) is 16.9. The molecule has 4 aromatic carbocycles. The summed E-state index contributed by atoms with van der Waals surface area (Å²) in [6.07, 6.45) is 0.483. The molecule has 0 fully saturated rings. The molecule has 4 rings (SSSR count). The predicted molar refractivity (Wildman–Crippen MR) is 195 cm³/mol. The Balaban J connectivity index is 1.38. The average Bonchev–Trinajstić information content (AvgIpc) is 2.94. The van der Waals surface area contributed by atoms with Crippen LogP contribution in [0.5, 0.6) is 34.5 Å². The lowest BCUT2D eigenvalue weighted by Gasteiger charge is -2.16. The van der Waals surface area contributed by atoms with Crippen LogP contribution in [0.15, 0.2) is 72.8 Å². The fraction of sp³-hybridized carbons (Fsp3) is 0.133. The molecule has 9 nitrogen and oxygen atoms in total. The molecule has 13 heteroatoms. The van der Waals surface area contributed by atoms with Crippen molar-refractivity contribution in [3.63, 3.8) is 0 Å². The number of carbonyl (C=O) groups is 2. The van der Waals surface area contributed by atoms with Gasteiger partial charge in [-0.05, 0) is 175 Å². The van der Waals surface area contributed by atoms with E-state index in [-0.39, 0.29) is 18.6 Å². The van der Waals surface area contributed by atoms with E-state index in [1.165, 1.54) is 0 Å². The van der Waals surface area contributed by atoms with Crippen LogP contribution in [0.4, 0.5) is 0 Å². The lowest BCUT2D eigenvalue weighted by Crippen LogP contribution is -2.36. The Morgan fingerprint density at radius 2 is 1.14 bits per heavy atom. The zero-order valence-electron chi connectivity index (χ0n) is 22.1. The number of rotatable bonds is 11. The second-order valence-electron chi connectivity index (χ2n) is 9.33. The maximum absolute atomic E-state index is 12.9. The minimum Gasteiger partial charge on any atom is -0.508 e. The first-order valence-electron chi connectivity index (χ1n) is 12.6. The van der Waals surface area contributed by atoms with Crippen LogP contribution in [0.25, 0.3) is 0 Å². The molecule has 224 valence electrons. The number of phenols is 1. The molecule has 2 atom stereocenters. The molecule has 0 bridgehead atoms. The largest absolute Gasteiger partial charge is 0.508 e. The molecule has 0 radical (unpaired) electrons. The van der Waals surface area contributed by atoms with E-state index >= 15 is 0 Å². The topological polar surface area (TPSA) is 154 Å². The lowest BCUT2D eigenvalue weighted by atomic mass is 10.1. The highest BCUT2D eigenvalue weighted by molar-refractivity contribution is 14.1. The average molecular weight is 1030 g/mol. The highest BCUT2D eigenvalue weighted by atomic mass is 127. The summed E-state index contributed by atoms with van der Waals surface area (Å²) >= 11 is 8.47. The molecule has 43 heavy (non-hydrogen) atoms. The van der Waals surface area contributed by atoms with E-state index < -0.39 is 24.0 Å². The normalized spacial score (nSPS) is 12.3. The van der Waals surface area contributed by atoms with Gasteiger partial charge in [0, 0.05) is 0 Å². The Kier molecular flexibility index (Phi) is 12.1. The molecular weight excluding hydrogens is 1010 g/mol. The van der Waals surface area contributed by atoms with E-state index in [4.69, 9.17) is 30.8 Å². The molecule has 4 aromatic rings. The van der Waals surface area contributed by atoms with E-state index in [0.29, 0.717) is 35.9 Å². The number of aromatic hydroxyl groups is 1. The summed E-state index contributed by atoms with van der Waals surface area (Å²) in [5, 5.41) is 18.5. The SMILES string of the molecule is N[C@@H](Cc1cc(I)c(Oc2cc(I)c(OC(=O)[C@@H](N)Cc3ccc(Oc4ccc(O)cc4)cc3)c(I)c2)c(I)c1)C(=O)O. The van der Waals surface area contributed by atoms with E-state index in [2.05, 4.69) is 90.4 Å². The first-order chi connectivity index (χ1) is 20.4. The number of halogens is 4. The minimum atomic E-state index is -1.05. The van der Waals surface area contributed by atoms with Crippen LogP contribution in [-0.4, -0.2) is 34.2 Å². The molecule has 0 saturated carbocycles. The van der Waals surface area contributed by atoms with Gasteiger partial charge in [0.2, 0.25) is 0 Å². The van der Waals surface area contributed by atoms with Gasteiger partial charge in [0.1, 0.15) is 35.1 Å². The van der Waals surface area contributed by atoms with Gasteiger partial charge in [-0.25, -0.2) is 4.79 Å². The fourth-order valence-electron chi connectivity index (χ4n) is 3.84. The van der Waals surface area contributed by atoms with Crippen molar-refractivity contribution in [3.8, 4) is 34.5 Å². The van der Waals surface area contributed by atoms with Gasteiger partial charge in [0.05, 0.1) is 14.3 Å². The van der Waals surface area contributed by atoms with Gasteiger partial charge in [0.25, 0.3) is 0 Å². The highest BCUT2D eigenvalue weighted by Crippen LogP contribution is 2.37. The predicted octanol–water partition coefficient (Wildman–Crippen LogP) is 6.83. The highest BCUT2D eigenvalue weighted by Gasteiger charge is 2.21. The first kappa shape index (κ1) is 33.9. The number of carbonyl (C=O) groups excluding carboxylic acids is 1. The van der Waals surface area contributed by atoms with E-state index in [1.807, 2.05) is 24.3 Å². The molecule has 0 spiro atoms. The van der Waals surface area contributed by atoms with Crippen LogP contribution in [0.2, 0.25) is 0 Å². The molecule has 6 N–H and O–H groups in total. The fourth-order valence-corrected chi connectivity index (χ4v) is 7.89. The second-order valence-corrected chi connectivity index (χ2v) is 14.0. The van der Waals surface area contributed by atoms with Crippen LogP contribution in [0.1, 0.15) is 11.1 Å². The number of carboxylic acid groups (broad SMARTS) is 1. The van der Waals surface area contributed by atoms with Gasteiger partial charge in [-0.15, -0.1) is 0 Å². The van der Waals surface area contributed by atoms with Crippen molar-refractivity contribution in [1.29, 1.82) is 0 Å². The summed E-state index contributed by atoms with van der Waals surface area (Å²) in [6.45, 7) is 0. The molecule has 0 heterocycles. The summed E-state index contributed by atoms with van der Waals surface area (Å²) < 4.78 is 20.6. The Labute approximate surface area is 302 Å². The number of hydrogen-bond donors (Lipinski definition) is 4.